The number of esters is 1. The first-order valence-electron chi connectivity index (χ1n) is 5.61. The van der Waals surface area contributed by atoms with Crippen molar-refractivity contribution >= 4 is 5.97 Å². The van der Waals surface area contributed by atoms with Crippen LogP contribution >= 0.6 is 0 Å². The Morgan fingerprint density at radius 2 is 2.24 bits per heavy atom. The lowest BCUT2D eigenvalue weighted by molar-refractivity contribution is -0.138. The Hall–Kier alpha value is -1.55. The van der Waals surface area contributed by atoms with E-state index in [0.717, 1.165) is 11.5 Å². The number of likely N-dealkylation sites (N-methyl/N-ethyl adjacent to an activating group) is 1. The summed E-state index contributed by atoms with van der Waals surface area (Å²) in [7, 11) is 1.91. The smallest absolute Gasteiger partial charge is 0.334 e. The zero-order valence-electron chi connectivity index (χ0n) is 10.7. The predicted molar refractivity (Wildman–Crippen MR) is 65.6 cm³/mol. The molecule has 1 rings (SSSR count). The van der Waals surface area contributed by atoms with Crippen LogP contribution in [0.4, 0.5) is 0 Å². The summed E-state index contributed by atoms with van der Waals surface area (Å²) in [4.78, 5) is 13.3. The molecule has 1 aromatic rings. The number of hydrogen-bond donors (Lipinski definition) is 0. The predicted octanol–water partition coefficient (Wildman–Crippen LogP) is 2.14. The summed E-state index contributed by atoms with van der Waals surface area (Å²) in [5.41, 5.74) is 0.456. The third kappa shape index (κ3) is 4.44. The Labute approximate surface area is 102 Å². The molecule has 0 saturated heterocycles. The second-order valence-electron chi connectivity index (χ2n) is 4.01. The number of carbonyl (C=O) groups excluding carboxylic acids is 1. The van der Waals surface area contributed by atoms with E-state index in [2.05, 4.69) is 6.58 Å². The normalized spacial score (nSPS) is 10.6. The molecule has 0 radical (unpaired) electrons. The third-order valence-electron chi connectivity index (χ3n) is 2.25. The highest BCUT2D eigenvalue weighted by molar-refractivity contribution is 5.88. The standard InChI is InChI=1S/C13H19NO3/c1-5-16-13(15)10(2)8-14(4)9-12-7-6-11(3)17-12/h6-7H,2,5,8-9H2,1,3-4H3. The van der Waals surface area contributed by atoms with Crippen molar-refractivity contribution in [3.8, 4) is 0 Å². The summed E-state index contributed by atoms with van der Waals surface area (Å²) < 4.78 is 10.3. The molecule has 4 nitrogen and oxygen atoms in total. The highest BCUT2D eigenvalue weighted by atomic mass is 16.5. The van der Waals surface area contributed by atoms with Crippen molar-refractivity contribution in [2.24, 2.45) is 0 Å². The maximum atomic E-state index is 11.4. The van der Waals surface area contributed by atoms with Crippen molar-refractivity contribution in [1.82, 2.24) is 4.90 Å². The van der Waals surface area contributed by atoms with E-state index >= 15 is 0 Å². The van der Waals surface area contributed by atoms with Crippen molar-refractivity contribution < 1.29 is 13.9 Å². The molecular formula is C13H19NO3. The number of ether oxygens (including phenoxy) is 1. The van der Waals surface area contributed by atoms with Gasteiger partial charge in [0.15, 0.2) is 0 Å². The molecule has 0 amide bonds. The second-order valence-corrected chi connectivity index (χ2v) is 4.01. The molecule has 0 fully saturated rings. The van der Waals surface area contributed by atoms with E-state index in [9.17, 15) is 4.79 Å². The minimum absolute atomic E-state index is 0.338. The number of aryl methyl sites for hydroxylation is 1. The highest BCUT2D eigenvalue weighted by Crippen LogP contribution is 2.09. The summed E-state index contributed by atoms with van der Waals surface area (Å²) in [6, 6.07) is 3.85. The largest absolute Gasteiger partial charge is 0.465 e. The Kier molecular flexibility index (Phi) is 4.97. The van der Waals surface area contributed by atoms with Crippen LogP contribution < -0.4 is 0 Å². The zero-order valence-corrected chi connectivity index (χ0v) is 10.7. The lowest BCUT2D eigenvalue weighted by atomic mass is 10.3. The second kappa shape index (κ2) is 6.25. The van der Waals surface area contributed by atoms with E-state index in [0.29, 0.717) is 25.3 Å². The number of furan rings is 1. The van der Waals surface area contributed by atoms with Crippen molar-refractivity contribution in [1.29, 1.82) is 0 Å². The molecule has 94 valence electrons. The van der Waals surface area contributed by atoms with Crippen LogP contribution in [-0.2, 0) is 16.1 Å². The minimum Gasteiger partial charge on any atom is -0.465 e. The van der Waals surface area contributed by atoms with Crippen LogP contribution in [0.15, 0.2) is 28.7 Å². The van der Waals surface area contributed by atoms with Gasteiger partial charge in [-0.05, 0) is 33.0 Å². The van der Waals surface area contributed by atoms with Crippen LogP contribution in [0.25, 0.3) is 0 Å². The fourth-order valence-corrected chi connectivity index (χ4v) is 1.52. The van der Waals surface area contributed by atoms with Crippen LogP contribution in [0.2, 0.25) is 0 Å². The van der Waals surface area contributed by atoms with Crippen molar-refractivity contribution in [2.75, 3.05) is 20.2 Å². The molecule has 0 unspecified atom stereocenters. The van der Waals surface area contributed by atoms with Gasteiger partial charge in [-0.15, -0.1) is 0 Å². The van der Waals surface area contributed by atoms with E-state index in [-0.39, 0.29) is 5.97 Å². The van der Waals surface area contributed by atoms with Crippen LogP contribution in [0, 0.1) is 6.92 Å². The molecule has 1 aromatic heterocycles. The topological polar surface area (TPSA) is 42.7 Å². The van der Waals surface area contributed by atoms with Crippen LogP contribution in [0.5, 0.6) is 0 Å². The van der Waals surface area contributed by atoms with E-state index in [1.165, 1.54) is 0 Å². The van der Waals surface area contributed by atoms with Crippen molar-refractivity contribution in [2.45, 2.75) is 20.4 Å². The average molecular weight is 237 g/mol. The Balaban J connectivity index is 2.41. The summed E-state index contributed by atoms with van der Waals surface area (Å²) >= 11 is 0. The molecule has 0 aliphatic heterocycles. The van der Waals surface area contributed by atoms with Gasteiger partial charge < -0.3 is 9.15 Å². The Morgan fingerprint density at radius 3 is 2.76 bits per heavy atom. The zero-order chi connectivity index (χ0) is 12.8. The third-order valence-corrected chi connectivity index (χ3v) is 2.25. The highest BCUT2D eigenvalue weighted by Gasteiger charge is 2.11. The first-order valence-corrected chi connectivity index (χ1v) is 5.61. The number of carbonyl (C=O) groups is 1. The fraction of sp³-hybridized carbons (Fsp3) is 0.462. The molecule has 0 spiro atoms. The average Bonchev–Trinajstić information content (AvgIpc) is 2.64. The number of nitrogens with zero attached hydrogens (tertiary/aromatic N) is 1. The van der Waals surface area contributed by atoms with E-state index < -0.39 is 0 Å². The Morgan fingerprint density at radius 1 is 1.53 bits per heavy atom. The molecule has 0 saturated carbocycles. The van der Waals surface area contributed by atoms with Crippen molar-refractivity contribution in [3.05, 3.63) is 35.8 Å². The SMILES string of the molecule is C=C(CN(C)Cc1ccc(C)o1)C(=O)OCC. The van der Waals surface area contributed by atoms with Gasteiger partial charge in [-0.1, -0.05) is 6.58 Å². The van der Waals surface area contributed by atoms with Gasteiger partial charge in [-0.25, -0.2) is 4.79 Å². The first-order chi connectivity index (χ1) is 8.02. The van der Waals surface area contributed by atoms with Gasteiger partial charge in [0.1, 0.15) is 11.5 Å². The van der Waals surface area contributed by atoms with Gasteiger partial charge in [-0.3, -0.25) is 4.90 Å². The Bertz CT molecular complexity index is 395. The van der Waals surface area contributed by atoms with E-state index in [4.69, 9.17) is 9.15 Å². The molecule has 0 aliphatic rings. The van der Waals surface area contributed by atoms with Crippen LogP contribution in [0.3, 0.4) is 0 Å². The lowest BCUT2D eigenvalue weighted by Crippen LogP contribution is -2.24. The van der Waals surface area contributed by atoms with E-state index in [1.807, 2.05) is 31.0 Å². The molecule has 1 heterocycles. The molecule has 0 aromatic carbocycles. The monoisotopic (exact) mass is 237 g/mol. The van der Waals surface area contributed by atoms with Gasteiger partial charge in [0.05, 0.1) is 13.2 Å². The number of hydrogen-bond acceptors (Lipinski definition) is 4. The molecule has 0 aliphatic carbocycles. The molecule has 4 heteroatoms. The molecule has 0 bridgehead atoms. The maximum Gasteiger partial charge on any atom is 0.334 e. The first kappa shape index (κ1) is 13.5. The number of rotatable bonds is 6. The quantitative estimate of drug-likeness (QED) is 0.561. The van der Waals surface area contributed by atoms with Gasteiger partial charge in [0.25, 0.3) is 0 Å². The van der Waals surface area contributed by atoms with Gasteiger partial charge in [0, 0.05) is 12.1 Å². The maximum absolute atomic E-state index is 11.4. The summed E-state index contributed by atoms with van der Waals surface area (Å²) in [5, 5.41) is 0. The van der Waals surface area contributed by atoms with Gasteiger partial charge in [-0.2, -0.15) is 0 Å². The van der Waals surface area contributed by atoms with Gasteiger partial charge in [0.2, 0.25) is 0 Å². The lowest BCUT2D eigenvalue weighted by Gasteiger charge is -2.15. The molecule has 17 heavy (non-hydrogen) atoms. The van der Waals surface area contributed by atoms with Crippen LogP contribution in [0.1, 0.15) is 18.4 Å². The summed E-state index contributed by atoms with van der Waals surface area (Å²) in [5.74, 6) is 1.43. The summed E-state index contributed by atoms with van der Waals surface area (Å²) in [6.07, 6.45) is 0. The molecular weight excluding hydrogens is 218 g/mol. The minimum atomic E-state index is -0.338. The fourth-order valence-electron chi connectivity index (χ4n) is 1.52. The van der Waals surface area contributed by atoms with Crippen molar-refractivity contribution in [3.63, 3.8) is 0 Å². The van der Waals surface area contributed by atoms with Crippen LogP contribution in [-0.4, -0.2) is 31.1 Å². The summed E-state index contributed by atoms with van der Waals surface area (Å²) in [6.45, 7) is 8.89. The van der Waals surface area contributed by atoms with E-state index in [1.54, 1.807) is 6.92 Å². The molecule has 0 atom stereocenters. The van der Waals surface area contributed by atoms with Gasteiger partial charge >= 0.3 is 5.97 Å². The molecule has 0 N–H and O–H groups in total.